The Hall–Kier alpha value is -3.60. The van der Waals surface area contributed by atoms with Crippen molar-refractivity contribution in [2.75, 3.05) is 20.8 Å². The summed E-state index contributed by atoms with van der Waals surface area (Å²) in [5, 5.41) is 0. The predicted octanol–water partition coefficient (Wildman–Crippen LogP) is 4.51. The molecule has 152 valence electrons. The number of benzene rings is 3. The van der Waals surface area contributed by atoms with Gasteiger partial charge in [0.05, 0.1) is 14.2 Å². The van der Waals surface area contributed by atoms with E-state index in [-0.39, 0.29) is 5.78 Å². The van der Waals surface area contributed by atoms with E-state index in [1.165, 1.54) is 0 Å². The highest BCUT2D eigenvalue weighted by molar-refractivity contribution is 6.52. The molecular formula is C25H23NO4. The van der Waals surface area contributed by atoms with Crippen molar-refractivity contribution in [2.45, 2.75) is 13.0 Å². The number of nitrogens with zero attached hydrogens (tertiary/aromatic N) is 1. The van der Waals surface area contributed by atoms with Crippen LogP contribution in [0.25, 0.3) is 0 Å². The Morgan fingerprint density at radius 3 is 2.40 bits per heavy atom. The smallest absolute Gasteiger partial charge is 0.211 e. The average Bonchev–Trinajstić information content (AvgIpc) is 2.82. The molecule has 4 rings (SSSR count). The molecule has 5 nitrogen and oxygen atoms in total. The van der Waals surface area contributed by atoms with Gasteiger partial charge in [-0.05, 0) is 53.9 Å². The van der Waals surface area contributed by atoms with Crippen molar-refractivity contribution in [3.05, 3.63) is 89.0 Å². The summed E-state index contributed by atoms with van der Waals surface area (Å²) in [5.41, 5.74) is 3.94. The monoisotopic (exact) mass is 401 g/mol. The van der Waals surface area contributed by atoms with Crippen LogP contribution in [0.15, 0.2) is 71.7 Å². The fraction of sp³-hybridized carbons (Fsp3) is 0.200. The Bertz CT molecular complexity index is 1070. The normalized spacial score (nSPS) is 12.5. The van der Waals surface area contributed by atoms with Crippen LogP contribution in [-0.4, -0.2) is 32.3 Å². The third-order valence-corrected chi connectivity index (χ3v) is 5.10. The maximum atomic E-state index is 13.1. The fourth-order valence-corrected chi connectivity index (χ4v) is 3.48. The molecular weight excluding hydrogens is 378 g/mol. The van der Waals surface area contributed by atoms with E-state index >= 15 is 0 Å². The van der Waals surface area contributed by atoms with E-state index in [0.717, 1.165) is 23.1 Å². The number of methoxy groups -OCH3 is 2. The zero-order valence-electron chi connectivity index (χ0n) is 17.1. The molecule has 0 N–H and O–H groups in total. The second-order valence-corrected chi connectivity index (χ2v) is 6.97. The zero-order valence-corrected chi connectivity index (χ0v) is 17.1. The summed E-state index contributed by atoms with van der Waals surface area (Å²) in [5.74, 6) is 1.85. The maximum absolute atomic E-state index is 13.1. The summed E-state index contributed by atoms with van der Waals surface area (Å²) in [7, 11) is 3.20. The summed E-state index contributed by atoms with van der Waals surface area (Å²) in [4.78, 5) is 17.6. The molecule has 30 heavy (non-hydrogen) atoms. The molecule has 0 radical (unpaired) electrons. The highest BCUT2D eigenvalue weighted by Crippen LogP contribution is 2.34. The summed E-state index contributed by atoms with van der Waals surface area (Å²) in [6.07, 6.45) is 0.750. The number of Topliss-reactive ketones (excluding diaryl/α,β-unsaturated/α-hetero) is 1. The molecule has 0 bridgehead atoms. The van der Waals surface area contributed by atoms with Crippen molar-refractivity contribution < 1.29 is 19.0 Å². The van der Waals surface area contributed by atoms with Crippen LogP contribution < -0.4 is 14.2 Å². The first-order valence-electron chi connectivity index (χ1n) is 9.81. The molecule has 0 unspecified atom stereocenters. The van der Waals surface area contributed by atoms with Gasteiger partial charge in [0, 0.05) is 17.7 Å². The summed E-state index contributed by atoms with van der Waals surface area (Å²) in [6.45, 7) is 1.01. The molecule has 0 aliphatic carbocycles. The first-order chi connectivity index (χ1) is 14.7. The number of aliphatic imine (C=N–C) groups is 1. The van der Waals surface area contributed by atoms with E-state index in [9.17, 15) is 4.79 Å². The van der Waals surface area contributed by atoms with Gasteiger partial charge in [-0.2, -0.15) is 0 Å². The van der Waals surface area contributed by atoms with Gasteiger partial charge < -0.3 is 14.2 Å². The Labute approximate surface area is 175 Å². The van der Waals surface area contributed by atoms with Gasteiger partial charge in [-0.15, -0.1) is 0 Å². The Balaban J connectivity index is 1.62. The van der Waals surface area contributed by atoms with Gasteiger partial charge in [-0.1, -0.05) is 30.3 Å². The predicted molar refractivity (Wildman–Crippen MR) is 116 cm³/mol. The van der Waals surface area contributed by atoms with Crippen molar-refractivity contribution in [2.24, 2.45) is 4.99 Å². The van der Waals surface area contributed by atoms with Crippen molar-refractivity contribution in [3.63, 3.8) is 0 Å². The fourth-order valence-electron chi connectivity index (χ4n) is 3.48. The molecule has 3 aromatic rings. The minimum absolute atomic E-state index is 0.112. The van der Waals surface area contributed by atoms with Crippen LogP contribution in [0, 0.1) is 0 Å². The minimum Gasteiger partial charge on any atom is -0.497 e. The van der Waals surface area contributed by atoms with E-state index in [4.69, 9.17) is 14.2 Å². The quantitative estimate of drug-likeness (QED) is 0.547. The molecule has 0 fully saturated rings. The lowest BCUT2D eigenvalue weighted by Gasteiger charge is -2.20. The minimum atomic E-state index is -0.112. The number of hydrogen-bond donors (Lipinski definition) is 0. The first-order valence-corrected chi connectivity index (χ1v) is 9.81. The lowest BCUT2D eigenvalue weighted by Crippen LogP contribution is -2.22. The second kappa shape index (κ2) is 8.82. The van der Waals surface area contributed by atoms with E-state index in [0.29, 0.717) is 41.7 Å². The topological polar surface area (TPSA) is 57.1 Å². The standard InChI is InChI=1S/C25H23NO4/c1-28-20-10-8-18(9-11-20)25(27)24-21-15-22(29-2)23(14-19(21)12-13-26-24)30-16-17-6-4-3-5-7-17/h3-11,14-15H,12-13,16H2,1-2H3. The Morgan fingerprint density at radius 1 is 0.933 bits per heavy atom. The maximum Gasteiger partial charge on any atom is 0.211 e. The summed E-state index contributed by atoms with van der Waals surface area (Å²) in [6, 6.07) is 20.9. The van der Waals surface area contributed by atoms with Gasteiger partial charge in [0.25, 0.3) is 0 Å². The lowest BCUT2D eigenvalue weighted by molar-refractivity contribution is 0.106. The number of fused-ring (bicyclic) bond motifs is 1. The number of hydrogen-bond acceptors (Lipinski definition) is 5. The largest absolute Gasteiger partial charge is 0.497 e. The number of rotatable bonds is 7. The molecule has 1 aliphatic heterocycles. The Kier molecular flexibility index (Phi) is 5.80. The molecule has 0 amide bonds. The van der Waals surface area contributed by atoms with Gasteiger partial charge in [0.2, 0.25) is 5.78 Å². The van der Waals surface area contributed by atoms with Gasteiger partial charge in [-0.3, -0.25) is 9.79 Å². The highest BCUT2D eigenvalue weighted by Gasteiger charge is 2.24. The van der Waals surface area contributed by atoms with E-state index in [1.807, 2.05) is 42.5 Å². The average molecular weight is 401 g/mol. The van der Waals surface area contributed by atoms with Gasteiger partial charge in [0.1, 0.15) is 18.1 Å². The van der Waals surface area contributed by atoms with Gasteiger partial charge in [-0.25, -0.2) is 0 Å². The summed E-state index contributed by atoms with van der Waals surface area (Å²) >= 11 is 0. The Morgan fingerprint density at radius 2 is 1.70 bits per heavy atom. The number of ether oxygens (including phenoxy) is 3. The number of carbonyl (C=O) groups is 1. The van der Waals surface area contributed by atoms with Crippen LogP contribution >= 0.6 is 0 Å². The van der Waals surface area contributed by atoms with Gasteiger partial charge in [0.15, 0.2) is 11.5 Å². The molecule has 3 aromatic carbocycles. The molecule has 1 heterocycles. The number of ketones is 1. The third-order valence-electron chi connectivity index (χ3n) is 5.10. The first kappa shape index (κ1) is 19.7. The lowest BCUT2D eigenvalue weighted by atomic mass is 9.92. The van der Waals surface area contributed by atoms with Crippen LogP contribution in [0.2, 0.25) is 0 Å². The van der Waals surface area contributed by atoms with Crippen LogP contribution in [0.3, 0.4) is 0 Å². The number of carbonyl (C=O) groups excluding carboxylic acids is 1. The van der Waals surface area contributed by atoms with Crippen LogP contribution in [-0.2, 0) is 13.0 Å². The molecule has 0 atom stereocenters. The van der Waals surface area contributed by atoms with E-state index in [1.54, 1.807) is 38.5 Å². The SMILES string of the molecule is COc1ccc(C(=O)C2=NCCc3cc(OCc4ccccc4)c(OC)cc32)cc1. The molecule has 5 heteroatoms. The van der Waals surface area contributed by atoms with Crippen LogP contribution in [0.4, 0.5) is 0 Å². The van der Waals surface area contributed by atoms with Crippen molar-refractivity contribution in [1.29, 1.82) is 0 Å². The van der Waals surface area contributed by atoms with Crippen molar-refractivity contribution >= 4 is 11.5 Å². The molecule has 0 saturated carbocycles. The van der Waals surface area contributed by atoms with Gasteiger partial charge >= 0.3 is 0 Å². The molecule has 1 aliphatic rings. The van der Waals surface area contributed by atoms with Crippen LogP contribution in [0.1, 0.15) is 27.0 Å². The summed E-state index contributed by atoms with van der Waals surface area (Å²) < 4.78 is 16.8. The van der Waals surface area contributed by atoms with E-state index < -0.39 is 0 Å². The van der Waals surface area contributed by atoms with E-state index in [2.05, 4.69) is 4.99 Å². The molecule has 0 spiro atoms. The highest BCUT2D eigenvalue weighted by atomic mass is 16.5. The van der Waals surface area contributed by atoms with Crippen molar-refractivity contribution in [1.82, 2.24) is 0 Å². The third kappa shape index (κ3) is 4.06. The van der Waals surface area contributed by atoms with Crippen LogP contribution in [0.5, 0.6) is 17.2 Å². The molecule has 0 saturated heterocycles. The van der Waals surface area contributed by atoms with Crippen molar-refractivity contribution in [3.8, 4) is 17.2 Å². The second-order valence-electron chi connectivity index (χ2n) is 6.97. The zero-order chi connectivity index (χ0) is 20.9. The molecule has 0 aromatic heterocycles.